The molecule has 0 bridgehead atoms. The molecule has 2 aromatic carbocycles. The SMILES string of the molecule is Cc1ccc2nc(NC(=O)[C@@H](C)Oc3ccccc3Cl)sc2c1. The minimum Gasteiger partial charge on any atom is -0.479 e. The van der Waals surface area contributed by atoms with Crippen molar-refractivity contribution in [1.29, 1.82) is 0 Å². The van der Waals surface area contributed by atoms with Crippen molar-refractivity contribution in [2.45, 2.75) is 20.0 Å². The number of carbonyl (C=O) groups is 1. The van der Waals surface area contributed by atoms with E-state index in [1.54, 1.807) is 19.1 Å². The van der Waals surface area contributed by atoms with Crippen molar-refractivity contribution in [3.63, 3.8) is 0 Å². The van der Waals surface area contributed by atoms with Gasteiger partial charge in [0.05, 0.1) is 15.2 Å². The Bertz CT molecular complexity index is 863. The number of benzene rings is 2. The summed E-state index contributed by atoms with van der Waals surface area (Å²) in [5.74, 6) is 0.220. The van der Waals surface area contributed by atoms with Gasteiger partial charge in [-0.25, -0.2) is 4.98 Å². The highest BCUT2D eigenvalue weighted by Crippen LogP contribution is 2.27. The van der Waals surface area contributed by atoms with Crippen LogP contribution in [0.4, 0.5) is 5.13 Å². The van der Waals surface area contributed by atoms with Gasteiger partial charge in [-0.15, -0.1) is 0 Å². The Morgan fingerprint density at radius 3 is 2.87 bits per heavy atom. The number of amides is 1. The summed E-state index contributed by atoms with van der Waals surface area (Å²) in [6.07, 6.45) is -0.677. The normalized spacial score (nSPS) is 12.1. The maximum absolute atomic E-state index is 12.3. The van der Waals surface area contributed by atoms with Gasteiger partial charge in [0.2, 0.25) is 0 Å². The summed E-state index contributed by atoms with van der Waals surface area (Å²) in [5, 5.41) is 3.83. The molecule has 4 nitrogen and oxygen atoms in total. The zero-order valence-corrected chi connectivity index (χ0v) is 14.2. The number of fused-ring (bicyclic) bond motifs is 1. The molecule has 0 aliphatic rings. The van der Waals surface area contributed by atoms with Crippen LogP contribution in [0.3, 0.4) is 0 Å². The van der Waals surface area contributed by atoms with Crippen molar-refractivity contribution < 1.29 is 9.53 Å². The van der Waals surface area contributed by atoms with Crippen LogP contribution in [-0.4, -0.2) is 17.0 Å². The van der Waals surface area contributed by atoms with E-state index >= 15 is 0 Å². The number of nitrogens with zero attached hydrogens (tertiary/aromatic N) is 1. The summed E-state index contributed by atoms with van der Waals surface area (Å²) < 4.78 is 6.65. The maximum Gasteiger partial charge on any atom is 0.266 e. The topological polar surface area (TPSA) is 51.2 Å². The number of carbonyl (C=O) groups excluding carboxylic acids is 1. The van der Waals surface area contributed by atoms with Crippen LogP contribution in [-0.2, 0) is 4.79 Å². The van der Waals surface area contributed by atoms with Gasteiger partial charge in [-0.2, -0.15) is 0 Å². The predicted octanol–water partition coefficient (Wildman–Crippen LogP) is 4.66. The van der Waals surface area contributed by atoms with E-state index in [1.165, 1.54) is 11.3 Å². The monoisotopic (exact) mass is 346 g/mol. The van der Waals surface area contributed by atoms with E-state index in [0.29, 0.717) is 15.9 Å². The molecule has 3 rings (SSSR count). The average Bonchev–Trinajstić information content (AvgIpc) is 2.90. The zero-order chi connectivity index (χ0) is 16.4. The van der Waals surface area contributed by atoms with Crippen LogP contribution in [0.2, 0.25) is 5.02 Å². The van der Waals surface area contributed by atoms with E-state index in [9.17, 15) is 4.79 Å². The largest absolute Gasteiger partial charge is 0.479 e. The van der Waals surface area contributed by atoms with Gasteiger partial charge in [0.15, 0.2) is 11.2 Å². The fraction of sp³-hybridized carbons (Fsp3) is 0.176. The standard InChI is InChI=1S/C17H15ClN2O2S/c1-10-7-8-13-15(9-10)23-17(19-13)20-16(21)11(2)22-14-6-4-3-5-12(14)18/h3-9,11H,1-2H3,(H,19,20,21)/t11-/m1/s1. The summed E-state index contributed by atoms with van der Waals surface area (Å²) in [4.78, 5) is 16.7. The second-order valence-corrected chi connectivity index (χ2v) is 6.61. The number of hydrogen-bond donors (Lipinski definition) is 1. The molecule has 1 atom stereocenters. The summed E-state index contributed by atoms with van der Waals surface area (Å²) in [6, 6.07) is 13.1. The van der Waals surface area contributed by atoms with Crippen LogP contribution >= 0.6 is 22.9 Å². The maximum atomic E-state index is 12.3. The van der Waals surface area contributed by atoms with E-state index in [-0.39, 0.29) is 5.91 Å². The van der Waals surface area contributed by atoms with Crippen LogP contribution in [0.5, 0.6) is 5.75 Å². The van der Waals surface area contributed by atoms with Crippen LogP contribution in [0.15, 0.2) is 42.5 Å². The van der Waals surface area contributed by atoms with E-state index in [1.807, 2.05) is 37.3 Å². The van der Waals surface area contributed by atoms with Gasteiger partial charge in [0.25, 0.3) is 5.91 Å². The molecule has 6 heteroatoms. The number of hydrogen-bond acceptors (Lipinski definition) is 4. The van der Waals surface area contributed by atoms with Gasteiger partial charge < -0.3 is 4.74 Å². The van der Waals surface area contributed by atoms with Gasteiger partial charge in [-0.3, -0.25) is 10.1 Å². The molecule has 0 saturated heterocycles. The number of aryl methyl sites for hydroxylation is 1. The van der Waals surface area contributed by atoms with Crippen LogP contribution in [0.25, 0.3) is 10.2 Å². The van der Waals surface area contributed by atoms with E-state index in [2.05, 4.69) is 10.3 Å². The van der Waals surface area contributed by atoms with Gasteiger partial charge in [0.1, 0.15) is 5.75 Å². The number of rotatable bonds is 4. The molecule has 0 unspecified atom stereocenters. The molecule has 0 fully saturated rings. The second kappa shape index (κ2) is 6.56. The third-order valence-electron chi connectivity index (χ3n) is 3.28. The van der Waals surface area contributed by atoms with Gasteiger partial charge in [-0.1, -0.05) is 41.1 Å². The lowest BCUT2D eigenvalue weighted by atomic mass is 10.2. The highest BCUT2D eigenvalue weighted by molar-refractivity contribution is 7.22. The van der Waals surface area contributed by atoms with Crippen LogP contribution < -0.4 is 10.1 Å². The zero-order valence-electron chi connectivity index (χ0n) is 12.7. The lowest BCUT2D eigenvalue weighted by Gasteiger charge is -2.14. The Balaban J connectivity index is 1.71. The third kappa shape index (κ3) is 3.63. The number of nitrogens with one attached hydrogen (secondary N) is 1. The quantitative estimate of drug-likeness (QED) is 0.747. The molecule has 0 aliphatic heterocycles. The summed E-state index contributed by atoms with van der Waals surface area (Å²) in [6.45, 7) is 3.70. The molecule has 118 valence electrons. The first kappa shape index (κ1) is 15.8. The van der Waals surface area contributed by atoms with Gasteiger partial charge in [0, 0.05) is 0 Å². The molecule has 0 radical (unpaired) electrons. The van der Waals surface area contributed by atoms with Gasteiger partial charge in [-0.05, 0) is 43.7 Å². The Hall–Kier alpha value is -2.11. The lowest BCUT2D eigenvalue weighted by molar-refractivity contribution is -0.122. The molecule has 23 heavy (non-hydrogen) atoms. The molecule has 1 aromatic heterocycles. The molecule has 1 heterocycles. The Labute approximate surface area is 143 Å². The smallest absolute Gasteiger partial charge is 0.266 e. The minimum atomic E-state index is -0.677. The average molecular weight is 347 g/mol. The summed E-state index contributed by atoms with van der Waals surface area (Å²) in [5.41, 5.74) is 2.03. The number of ether oxygens (including phenoxy) is 1. The van der Waals surface area contributed by atoms with Gasteiger partial charge >= 0.3 is 0 Å². The van der Waals surface area contributed by atoms with E-state index in [4.69, 9.17) is 16.3 Å². The number of thiazole rings is 1. The summed E-state index contributed by atoms with van der Waals surface area (Å²) in [7, 11) is 0. The molecule has 3 aromatic rings. The van der Waals surface area contributed by atoms with Crippen LogP contribution in [0, 0.1) is 6.92 Å². The number of anilines is 1. The van der Waals surface area contributed by atoms with E-state index < -0.39 is 6.10 Å². The Morgan fingerprint density at radius 1 is 1.30 bits per heavy atom. The van der Waals surface area contributed by atoms with Crippen molar-refractivity contribution >= 4 is 44.2 Å². The second-order valence-electron chi connectivity index (χ2n) is 5.17. The molecule has 1 N–H and O–H groups in total. The Kier molecular flexibility index (Phi) is 4.50. The molecule has 0 aliphatic carbocycles. The molecule has 0 spiro atoms. The molecule has 1 amide bonds. The van der Waals surface area contributed by atoms with E-state index in [0.717, 1.165) is 15.8 Å². The Morgan fingerprint density at radius 2 is 2.09 bits per heavy atom. The third-order valence-corrected chi connectivity index (χ3v) is 4.53. The number of aromatic nitrogens is 1. The van der Waals surface area contributed by atoms with Crippen molar-refractivity contribution in [2.75, 3.05) is 5.32 Å². The highest BCUT2D eigenvalue weighted by Gasteiger charge is 2.17. The first-order chi connectivity index (χ1) is 11.0. The van der Waals surface area contributed by atoms with Crippen molar-refractivity contribution in [3.05, 3.63) is 53.1 Å². The number of halogens is 1. The molecular weight excluding hydrogens is 332 g/mol. The fourth-order valence-electron chi connectivity index (χ4n) is 2.08. The highest BCUT2D eigenvalue weighted by atomic mass is 35.5. The minimum absolute atomic E-state index is 0.263. The predicted molar refractivity (Wildman–Crippen MR) is 94.5 cm³/mol. The fourth-order valence-corrected chi connectivity index (χ4v) is 3.22. The lowest BCUT2D eigenvalue weighted by Crippen LogP contribution is -2.30. The van der Waals surface area contributed by atoms with Crippen molar-refractivity contribution in [1.82, 2.24) is 4.98 Å². The van der Waals surface area contributed by atoms with Crippen LogP contribution in [0.1, 0.15) is 12.5 Å². The number of para-hydroxylation sites is 1. The first-order valence-electron chi connectivity index (χ1n) is 7.12. The summed E-state index contributed by atoms with van der Waals surface area (Å²) >= 11 is 7.48. The molecule has 0 saturated carbocycles. The van der Waals surface area contributed by atoms with Crippen molar-refractivity contribution in [2.24, 2.45) is 0 Å². The first-order valence-corrected chi connectivity index (χ1v) is 8.31. The van der Waals surface area contributed by atoms with Crippen molar-refractivity contribution in [3.8, 4) is 5.75 Å². The molecular formula is C17H15ClN2O2S.